The van der Waals surface area contributed by atoms with E-state index in [2.05, 4.69) is 6.92 Å². The zero-order valence-corrected chi connectivity index (χ0v) is 11.4. The van der Waals surface area contributed by atoms with Crippen LogP contribution in [0.1, 0.15) is 59.8 Å². The molecule has 0 aliphatic carbocycles. The number of rotatable bonds is 11. The summed E-state index contributed by atoms with van der Waals surface area (Å²) in [4.78, 5) is 0. The minimum atomic E-state index is -0.800. The molecule has 0 heterocycles. The van der Waals surface area contributed by atoms with Crippen LogP contribution in [0.2, 0.25) is 0 Å². The molecule has 16 heavy (non-hydrogen) atoms. The van der Waals surface area contributed by atoms with E-state index in [-0.39, 0.29) is 0 Å². The number of unbranched alkanes of at least 4 members (excludes halogenated alkanes) is 3. The molecule has 0 aliphatic rings. The SMILES string of the molecule is CCCCCCC(OCC)(OCC)OCC. The van der Waals surface area contributed by atoms with Crippen LogP contribution in [0.4, 0.5) is 0 Å². The fraction of sp³-hybridized carbons (Fsp3) is 1.00. The normalized spacial score (nSPS) is 12.0. The van der Waals surface area contributed by atoms with Crippen molar-refractivity contribution in [2.45, 2.75) is 65.8 Å². The summed E-state index contributed by atoms with van der Waals surface area (Å²) in [5.74, 6) is -0.800. The molecule has 0 saturated heterocycles. The molecule has 0 amide bonds. The highest BCUT2D eigenvalue weighted by atomic mass is 16.9. The Hall–Kier alpha value is -0.120. The van der Waals surface area contributed by atoms with Crippen LogP contribution < -0.4 is 0 Å². The lowest BCUT2D eigenvalue weighted by atomic mass is 10.1. The summed E-state index contributed by atoms with van der Waals surface area (Å²) in [6, 6.07) is 0. The minimum absolute atomic E-state index is 0.619. The number of hydrogen-bond donors (Lipinski definition) is 0. The van der Waals surface area contributed by atoms with Gasteiger partial charge in [-0.1, -0.05) is 26.2 Å². The molecule has 0 rings (SSSR count). The molecule has 98 valence electrons. The van der Waals surface area contributed by atoms with E-state index in [4.69, 9.17) is 14.2 Å². The highest BCUT2D eigenvalue weighted by Gasteiger charge is 2.31. The fourth-order valence-electron chi connectivity index (χ4n) is 1.77. The van der Waals surface area contributed by atoms with Gasteiger partial charge in [0.2, 0.25) is 0 Å². The van der Waals surface area contributed by atoms with Gasteiger partial charge in [0.1, 0.15) is 0 Å². The molecule has 0 radical (unpaired) electrons. The Bertz CT molecular complexity index is 131. The van der Waals surface area contributed by atoms with Crippen molar-refractivity contribution in [1.82, 2.24) is 0 Å². The van der Waals surface area contributed by atoms with Crippen LogP contribution in [0.5, 0.6) is 0 Å². The van der Waals surface area contributed by atoms with Gasteiger partial charge in [-0.15, -0.1) is 0 Å². The Morgan fingerprint density at radius 3 is 1.56 bits per heavy atom. The zero-order chi connectivity index (χ0) is 12.3. The molecule has 0 aromatic carbocycles. The van der Waals surface area contributed by atoms with Gasteiger partial charge in [-0.05, 0) is 27.2 Å². The maximum Gasteiger partial charge on any atom is 0.282 e. The summed E-state index contributed by atoms with van der Waals surface area (Å²) in [5.41, 5.74) is 0. The van der Waals surface area contributed by atoms with Gasteiger partial charge in [-0.3, -0.25) is 0 Å². The monoisotopic (exact) mass is 232 g/mol. The Morgan fingerprint density at radius 1 is 0.688 bits per heavy atom. The first-order chi connectivity index (χ1) is 7.74. The molecular formula is C13H28O3. The van der Waals surface area contributed by atoms with Crippen molar-refractivity contribution in [2.75, 3.05) is 19.8 Å². The van der Waals surface area contributed by atoms with Gasteiger partial charge in [-0.2, -0.15) is 0 Å². The van der Waals surface area contributed by atoms with Gasteiger partial charge < -0.3 is 14.2 Å². The van der Waals surface area contributed by atoms with Crippen molar-refractivity contribution in [3.05, 3.63) is 0 Å². The molecule has 0 spiro atoms. The smallest absolute Gasteiger partial charge is 0.282 e. The quantitative estimate of drug-likeness (QED) is 0.401. The maximum atomic E-state index is 5.65. The first-order valence-corrected chi connectivity index (χ1v) is 6.66. The van der Waals surface area contributed by atoms with Crippen molar-refractivity contribution in [3.63, 3.8) is 0 Å². The molecule has 0 atom stereocenters. The highest BCUT2D eigenvalue weighted by Crippen LogP contribution is 2.23. The van der Waals surface area contributed by atoms with E-state index < -0.39 is 5.97 Å². The lowest BCUT2D eigenvalue weighted by molar-refractivity contribution is -0.380. The summed E-state index contributed by atoms with van der Waals surface area (Å²) >= 11 is 0. The molecule has 3 nitrogen and oxygen atoms in total. The molecule has 3 heteroatoms. The van der Waals surface area contributed by atoms with E-state index in [9.17, 15) is 0 Å². The molecule has 0 N–H and O–H groups in total. The predicted octanol–water partition coefficient (Wildman–Crippen LogP) is 3.72. The average Bonchev–Trinajstić information content (AvgIpc) is 2.26. The Labute approximate surface area is 100 Å². The van der Waals surface area contributed by atoms with Gasteiger partial charge in [0.15, 0.2) is 0 Å². The van der Waals surface area contributed by atoms with Gasteiger partial charge in [0, 0.05) is 26.2 Å². The third kappa shape index (κ3) is 6.46. The Kier molecular flexibility index (Phi) is 9.99. The third-order valence-electron chi connectivity index (χ3n) is 2.43. The highest BCUT2D eigenvalue weighted by molar-refractivity contribution is 4.58. The van der Waals surface area contributed by atoms with E-state index in [1.165, 1.54) is 19.3 Å². The van der Waals surface area contributed by atoms with Crippen LogP contribution in [0.25, 0.3) is 0 Å². The maximum absolute atomic E-state index is 5.65. The summed E-state index contributed by atoms with van der Waals surface area (Å²) in [5, 5.41) is 0. The molecule has 0 aromatic rings. The van der Waals surface area contributed by atoms with Gasteiger partial charge in [0.25, 0.3) is 5.97 Å². The Morgan fingerprint density at radius 2 is 1.19 bits per heavy atom. The first-order valence-electron chi connectivity index (χ1n) is 6.66. The first kappa shape index (κ1) is 15.9. The van der Waals surface area contributed by atoms with Crippen molar-refractivity contribution in [2.24, 2.45) is 0 Å². The van der Waals surface area contributed by atoms with Crippen LogP contribution in [0.3, 0.4) is 0 Å². The van der Waals surface area contributed by atoms with Gasteiger partial charge in [-0.25, -0.2) is 0 Å². The lowest BCUT2D eigenvalue weighted by Gasteiger charge is -2.32. The van der Waals surface area contributed by atoms with E-state index in [0.29, 0.717) is 19.8 Å². The zero-order valence-electron chi connectivity index (χ0n) is 11.4. The largest absolute Gasteiger partial charge is 0.328 e. The van der Waals surface area contributed by atoms with E-state index >= 15 is 0 Å². The van der Waals surface area contributed by atoms with Gasteiger partial charge in [0.05, 0.1) is 0 Å². The molecule has 0 saturated carbocycles. The second-order valence-corrected chi connectivity index (χ2v) is 3.79. The molecule has 0 aromatic heterocycles. The second kappa shape index (κ2) is 10.1. The molecule has 0 fully saturated rings. The fourth-order valence-corrected chi connectivity index (χ4v) is 1.77. The third-order valence-corrected chi connectivity index (χ3v) is 2.43. The summed E-state index contributed by atoms with van der Waals surface area (Å²) in [6.45, 7) is 9.98. The van der Waals surface area contributed by atoms with Gasteiger partial charge >= 0.3 is 0 Å². The summed E-state index contributed by atoms with van der Waals surface area (Å²) in [6.07, 6.45) is 5.63. The van der Waals surface area contributed by atoms with E-state index in [1.807, 2.05) is 20.8 Å². The average molecular weight is 232 g/mol. The second-order valence-electron chi connectivity index (χ2n) is 3.79. The standard InChI is InChI=1S/C13H28O3/c1-5-9-10-11-12-13(14-6-2,15-7-3)16-8-4/h5-12H2,1-4H3. The van der Waals surface area contributed by atoms with Crippen LogP contribution >= 0.6 is 0 Å². The van der Waals surface area contributed by atoms with Crippen molar-refractivity contribution in [1.29, 1.82) is 0 Å². The van der Waals surface area contributed by atoms with Crippen molar-refractivity contribution < 1.29 is 14.2 Å². The molecule has 0 unspecified atom stereocenters. The minimum Gasteiger partial charge on any atom is -0.328 e. The summed E-state index contributed by atoms with van der Waals surface area (Å²) in [7, 11) is 0. The van der Waals surface area contributed by atoms with Crippen molar-refractivity contribution >= 4 is 0 Å². The van der Waals surface area contributed by atoms with Crippen LogP contribution in [0, 0.1) is 0 Å². The van der Waals surface area contributed by atoms with Crippen LogP contribution in [-0.2, 0) is 14.2 Å². The lowest BCUT2D eigenvalue weighted by Crippen LogP contribution is -2.39. The Balaban J connectivity index is 4.12. The van der Waals surface area contributed by atoms with Crippen LogP contribution in [0.15, 0.2) is 0 Å². The van der Waals surface area contributed by atoms with Crippen molar-refractivity contribution in [3.8, 4) is 0 Å². The molecule has 0 bridgehead atoms. The molecular weight excluding hydrogens is 204 g/mol. The summed E-state index contributed by atoms with van der Waals surface area (Å²) < 4.78 is 16.9. The topological polar surface area (TPSA) is 27.7 Å². The van der Waals surface area contributed by atoms with E-state index in [0.717, 1.165) is 12.8 Å². The molecule has 0 aliphatic heterocycles. The van der Waals surface area contributed by atoms with E-state index in [1.54, 1.807) is 0 Å². The predicted molar refractivity (Wildman–Crippen MR) is 66.4 cm³/mol. The number of ether oxygens (including phenoxy) is 3. The number of hydrogen-bond acceptors (Lipinski definition) is 3. The van der Waals surface area contributed by atoms with Crippen LogP contribution in [-0.4, -0.2) is 25.8 Å².